The highest BCUT2D eigenvalue weighted by Gasteiger charge is 2.60. The number of aliphatic hydroxyl groups is 1. The molecule has 1 amide bonds. The molecule has 1 aromatic carbocycles. The van der Waals surface area contributed by atoms with Crippen molar-refractivity contribution in [1.29, 1.82) is 0 Å². The first-order chi connectivity index (χ1) is 17.1. The molecule has 0 radical (unpaired) electrons. The summed E-state index contributed by atoms with van der Waals surface area (Å²) >= 11 is 0. The molecule has 2 aliphatic heterocycles. The Morgan fingerprint density at radius 2 is 1.46 bits per heavy atom. The second-order valence-electron chi connectivity index (χ2n) is 9.11. The summed E-state index contributed by atoms with van der Waals surface area (Å²) in [5.74, 6) is 0.0899. The maximum Gasteiger partial charge on any atom is 0.434 e. The molecule has 15 heteroatoms. The minimum Gasteiger partial charge on any atom is -0.426 e. The van der Waals surface area contributed by atoms with Crippen molar-refractivity contribution in [1.82, 2.24) is 9.80 Å². The van der Waals surface area contributed by atoms with E-state index < -0.39 is 36.3 Å². The fourth-order valence-electron chi connectivity index (χ4n) is 4.33. The van der Waals surface area contributed by atoms with Crippen molar-refractivity contribution in [2.24, 2.45) is 5.92 Å². The van der Waals surface area contributed by atoms with Crippen LogP contribution in [-0.2, 0) is 17.5 Å². The average Bonchev–Trinajstić information content (AvgIpc) is 2.80. The smallest absolute Gasteiger partial charge is 0.426 e. The summed E-state index contributed by atoms with van der Waals surface area (Å²) in [4.78, 5) is 16.1. The number of piperazine rings is 1. The van der Waals surface area contributed by atoms with E-state index in [0.717, 1.165) is 12.1 Å². The minimum absolute atomic E-state index is 0.00523. The number of rotatable bonds is 5. The predicted octanol–water partition coefficient (Wildman–Crippen LogP) is 4.66. The van der Waals surface area contributed by atoms with Crippen LogP contribution in [-0.4, -0.2) is 85.3 Å². The first-order valence-corrected chi connectivity index (χ1v) is 11.5. The Bertz CT molecular complexity index is 907. The first-order valence-electron chi connectivity index (χ1n) is 11.5. The monoisotopic (exact) mass is 551 g/mol. The zero-order valence-electron chi connectivity index (χ0n) is 19.5. The highest BCUT2D eigenvalue weighted by atomic mass is 19.4. The van der Waals surface area contributed by atoms with E-state index in [0.29, 0.717) is 42.1 Å². The molecule has 0 saturated carbocycles. The van der Waals surface area contributed by atoms with Crippen LogP contribution in [0.15, 0.2) is 18.2 Å². The van der Waals surface area contributed by atoms with Crippen molar-refractivity contribution >= 4 is 11.8 Å². The lowest BCUT2D eigenvalue weighted by atomic mass is 9.97. The Kier molecular flexibility index (Phi) is 8.77. The van der Waals surface area contributed by atoms with Crippen LogP contribution in [0.3, 0.4) is 0 Å². The van der Waals surface area contributed by atoms with E-state index in [4.69, 9.17) is 0 Å². The summed E-state index contributed by atoms with van der Waals surface area (Å²) < 4.78 is 120. The second kappa shape index (κ2) is 11.1. The first kappa shape index (κ1) is 29.1. The molecule has 0 unspecified atom stereocenters. The molecule has 0 spiro atoms. The average molecular weight is 551 g/mol. The molecule has 1 aromatic rings. The number of hydrogen-bond donors (Lipinski definition) is 1. The summed E-state index contributed by atoms with van der Waals surface area (Å²) in [6.45, 7) is 0.474. The molecule has 2 saturated heterocycles. The van der Waals surface area contributed by atoms with Gasteiger partial charge in [0.1, 0.15) is 0 Å². The Balaban J connectivity index is 1.65. The molecule has 2 fully saturated rings. The van der Waals surface area contributed by atoms with Crippen LogP contribution in [0.25, 0.3) is 0 Å². The van der Waals surface area contributed by atoms with Gasteiger partial charge in [-0.1, -0.05) is 0 Å². The van der Waals surface area contributed by atoms with E-state index in [2.05, 4.69) is 4.74 Å². The lowest BCUT2D eigenvalue weighted by Crippen LogP contribution is -2.52. The number of benzene rings is 1. The molecule has 2 aliphatic rings. The van der Waals surface area contributed by atoms with Gasteiger partial charge in [-0.3, -0.25) is 4.90 Å². The summed E-state index contributed by atoms with van der Waals surface area (Å²) in [6, 6.07) is 3.64. The normalized spacial score (nSPS) is 19.0. The van der Waals surface area contributed by atoms with Gasteiger partial charge in [0.2, 0.25) is 0 Å². The molecule has 2 heterocycles. The topological polar surface area (TPSA) is 56.2 Å². The number of hydrogen-bond acceptors (Lipinski definition) is 5. The van der Waals surface area contributed by atoms with Crippen molar-refractivity contribution in [3.63, 3.8) is 0 Å². The Morgan fingerprint density at radius 3 is 1.95 bits per heavy atom. The fraction of sp³-hybridized carbons (Fsp3) is 0.682. The number of carbonyl (C=O) groups is 1. The number of ether oxygens (including phenoxy) is 1. The molecule has 3 rings (SSSR count). The highest BCUT2D eigenvalue weighted by Crippen LogP contribution is 2.37. The third kappa shape index (κ3) is 7.79. The molecular weight excluding hydrogens is 525 g/mol. The maximum absolute atomic E-state index is 13.5. The molecular formula is C22H26F9N3O3. The summed E-state index contributed by atoms with van der Waals surface area (Å²) in [5, 5.41) is 9.29. The number of anilines is 1. The molecule has 0 bridgehead atoms. The summed E-state index contributed by atoms with van der Waals surface area (Å²) in [6.07, 6.45) is -21.0. The van der Waals surface area contributed by atoms with E-state index in [9.17, 15) is 49.4 Å². The molecule has 1 N–H and O–H groups in total. The molecule has 210 valence electrons. The number of amides is 1. The number of carbonyl (C=O) groups excluding carboxylic acids is 1. The highest BCUT2D eigenvalue weighted by molar-refractivity contribution is 5.68. The number of aliphatic hydroxyl groups excluding tert-OH is 1. The molecule has 6 nitrogen and oxygen atoms in total. The van der Waals surface area contributed by atoms with Crippen LogP contribution in [0.4, 0.5) is 50.0 Å². The van der Waals surface area contributed by atoms with Gasteiger partial charge >= 0.3 is 24.6 Å². The van der Waals surface area contributed by atoms with E-state index in [-0.39, 0.29) is 45.2 Å². The minimum atomic E-state index is -5.83. The molecule has 0 aromatic heterocycles. The van der Waals surface area contributed by atoms with Crippen LogP contribution in [0.2, 0.25) is 0 Å². The maximum atomic E-state index is 13.5. The van der Waals surface area contributed by atoms with Gasteiger partial charge in [-0.15, -0.1) is 0 Å². The molecule has 37 heavy (non-hydrogen) atoms. The predicted molar refractivity (Wildman–Crippen MR) is 113 cm³/mol. The zero-order chi connectivity index (χ0) is 27.6. The van der Waals surface area contributed by atoms with E-state index in [1.54, 1.807) is 15.9 Å². The van der Waals surface area contributed by atoms with Gasteiger partial charge in [-0.05, 0) is 42.5 Å². The lowest BCUT2D eigenvalue weighted by Gasteiger charge is -2.36. The summed E-state index contributed by atoms with van der Waals surface area (Å²) in [7, 11) is 0. The van der Waals surface area contributed by atoms with Gasteiger partial charge in [0.15, 0.2) is 0 Å². The molecule has 0 atom stereocenters. The standard InChI is InChI=1S/C22H26F9N3O3/c23-20(24,25)16-9-15(10-17(11-16)33-3-1-14(13-35)2-4-33)12-32-5-7-34(8-6-32)19(36)37-18(21(26,27)28)22(29,30)31/h9-11,14,18,35H,1-8,12-13H2. The van der Waals surface area contributed by atoms with E-state index >= 15 is 0 Å². The van der Waals surface area contributed by atoms with Crippen molar-refractivity contribution < 1.29 is 54.2 Å². The van der Waals surface area contributed by atoms with E-state index in [1.807, 2.05) is 0 Å². The van der Waals surface area contributed by atoms with Crippen LogP contribution >= 0.6 is 0 Å². The number of nitrogens with zero attached hydrogens (tertiary/aromatic N) is 3. The van der Waals surface area contributed by atoms with Gasteiger partial charge < -0.3 is 19.6 Å². The largest absolute Gasteiger partial charge is 0.434 e. The van der Waals surface area contributed by atoms with Crippen LogP contribution < -0.4 is 4.90 Å². The zero-order valence-corrected chi connectivity index (χ0v) is 19.5. The Hall–Kier alpha value is -2.42. The summed E-state index contributed by atoms with van der Waals surface area (Å²) in [5.41, 5.74) is -0.162. The van der Waals surface area contributed by atoms with Crippen molar-refractivity contribution in [3.05, 3.63) is 29.3 Å². The molecule has 0 aliphatic carbocycles. The Morgan fingerprint density at radius 1 is 0.892 bits per heavy atom. The van der Waals surface area contributed by atoms with Gasteiger partial charge in [0, 0.05) is 58.1 Å². The fourth-order valence-corrected chi connectivity index (χ4v) is 4.33. The van der Waals surface area contributed by atoms with Crippen molar-refractivity contribution in [3.8, 4) is 0 Å². The van der Waals surface area contributed by atoms with Gasteiger partial charge in [-0.2, -0.15) is 39.5 Å². The second-order valence-corrected chi connectivity index (χ2v) is 9.11. The number of piperidine rings is 1. The van der Waals surface area contributed by atoms with Gasteiger partial charge in [-0.25, -0.2) is 4.79 Å². The quantitative estimate of drug-likeness (QED) is 0.540. The van der Waals surface area contributed by atoms with Crippen molar-refractivity contribution in [2.45, 2.75) is 44.0 Å². The lowest BCUT2D eigenvalue weighted by molar-refractivity contribution is -0.308. The number of halogens is 9. The van der Waals surface area contributed by atoms with E-state index in [1.165, 1.54) is 0 Å². The van der Waals surface area contributed by atoms with Gasteiger partial charge in [0.25, 0.3) is 6.10 Å². The SMILES string of the molecule is O=C(OC(C(F)(F)F)C(F)(F)F)N1CCN(Cc2cc(N3CCC(CO)CC3)cc(C(F)(F)F)c2)CC1. The number of alkyl halides is 9. The van der Waals surface area contributed by atoms with Crippen molar-refractivity contribution in [2.75, 3.05) is 50.8 Å². The van der Waals surface area contributed by atoms with Crippen LogP contribution in [0, 0.1) is 5.92 Å². The Labute approximate surface area is 206 Å². The van der Waals surface area contributed by atoms with Crippen LogP contribution in [0.5, 0.6) is 0 Å². The third-order valence-electron chi connectivity index (χ3n) is 6.39. The van der Waals surface area contributed by atoms with Gasteiger partial charge in [0.05, 0.1) is 5.56 Å². The van der Waals surface area contributed by atoms with Crippen LogP contribution in [0.1, 0.15) is 24.0 Å². The third-order valence-corrected chi connectivity index (χ3v) is 6.39.